The number of guanidine groups is 2. The van der Waals surface area contributed by atoms with Gasteiger partial charge >= 0.3 is 10.2 Å². The molecule has 1 atom stereocenters. The summed E-state index contributed by atoms with van der Waals surface area (Å²) >= 11 is 6.07. The number of benzene rings is 2. The molecule has 3 rings (SSSR count). The monoisotopic (exact) mass is 517 g/mol. The van der Waals surface area contributed by atoms with Gasteiger partial charge in [0.15, 0.2) is 0 Å². The molecule has 10 nitrogen and oxygen atoms in total. The van der Waals surface area contributed by atoms with Crippen molar-refractivity contribution in [1.29, 1.82) is 0 Å². The van der Waals surface area contributed by atoms with Crippen LogP contribution in [0.3, 0.4) is 0 Å². The summed E-state index contributed by atoms with van der Waals surface area (Å²) in [5, 5.41) is 9.00. The van der Waals surface area contributed by atoms with Crippen LogP contribution in [0.5, 0.6) is 0 Å². The van der Waals surface area contributed by atoms with E-state index in [0.717, 1.165) is 11.1 Å². The third kappa shape index (κ3) is 6.65. The summed E-state index contributed by atoms with van der Waals surface area (Å²) in [6, 6.07) is 16.9. The Labute approximate surface area is 210 Å². The maximum atomic E-state index is 13.0. The van der Waals surface area contributed by atoms with Crippen LogP contribution in [0.1, 0.15) is 37.8 Å². The zero-order valence-corrected chi connectivity index (χ0v) is 21.3. The number of carbonyl (C=O) groups is 1. The first-order chi connectivity index (χ1) is 16.6. The number of halogens is 1. The Balaban J connectivity index is 2.13. The smallest absolute Gasteiger partial charge is 0.325 e. The zero-order valence-electron chi connectivity index (χ0n) is 19.7. The molecule has 0 aromatic heterocycles. The van der Waals surface area contributed by atoms with E-state index in [0.29, 0.717) is 10.7 Å². The minimum Gasteiger partial charge on any atom is -0.369 e. The fourth-order valence-electron chi connectivity index (χ4n) is 3.61. The molecule has 1 unspecified atom stereocenters. The topological polar surface area (TPSA) is 133 Å². The molecule has 2 aromatic carbocycles. The lowest BCUT2D eigenvalue weighted by Gasteiger charge is -2.19. The number of aliphatic imine (C=N–C) groups is 1. The highest BCUT2D eigenvalue weighted by atomic mass is 35.5. The lowest BCUT2D eigenvalue weighted by Crippen LogP contribution is -2.38. The minimum atomic E-state index is -4.09. The number of rotatable bonds is 6. The van der Waals surface area contributed by atoms with Crippen LogP contribution in [0.25, 0.3) is 0 Å². The van der Waals surface area contributed by atoms with Gasteiger partial charge in [-0.3, -0.25) is 10.1 Å². The number of hydrogen-bond donors (Lipinski definition) is 2. The van der Waals surface area contributed by atoms with Crippen molar-refractivity contribution in [2.24, 2.45) is 20.2 Å². The fraction of sp³-hybridized carbons (Fsp3) is 0.304. The van der Waals surface area contributed by atoms with Crippen LogP contribution >= 0.6 is 11.6 Å². The van der Waals surface area contributed by atoms with Crippen molar-refractivity contribution in [3.8, 4) is 0 Å². The molecule has 0 fully saturated rings. The van der Waals surface area contributed by atoms with Crippen LogP contribution < -0.4 is 11.1 Å². The Hall–Kier alpha value is -3.28. The van der Waals surface area contributed by atoms with Crippen LogP contribution in [-0.4, -0.2) is 60.9 Å². The molecule has 1 heterocycles. The summed E-state index contributed by atoms with van der Waals surface area (Å²) < 4.78 is 31.0. The molecule has 0 spiro atoms. The number of nitrogens with one attached hydrogen (secondary N) is 1. The Kier molecular flexibility index (Phi) is 8.60. The molecule has 0 bridgehead atoms. The minimum absolute atomic E-state index is 0.212. The number of hydrogen-bond acceptors (Lipinski definition) is 4. The highest BCUT2D eigenvalue weighted by molar-refractivity contribution is 7.87. The quantitative estimate of drug-likeness (QED) is 0.448. The summed E-state index contributed by atoms with van der Waals surface area (Å²) in [4.78, 5) is 15.6. The van der Waals surface area contributed by atoms with Gasteiger partial charge in [-0.15, -0.1) is 4.40 Å². The van der Waals surface area contributed by atoms with Crippen LogP contribution in [0.2, 0.25) is 5.02 Å². The number of nitrogens with zero attached hydrogens (tertiary/aromatic N) is 5. The Bertz CT molecular complexity index is 1240. The van der Waals surface area contributed by atoms with Gasteiger partial charge in [0.05, 0.1) is 12.3 Å². The molecule has 3 N–H and O–H groups in total. The Morgan fingerprint density at radius 3 is 2.37 bits per heavy atom. The average molecular weight is 518 g/mol. The van der Waals surface area contributed by atoms with Crippen molar-refractivity contribution >= 4 is 45.3 Å². The average Bonchev–Trinajstić information content (AvgIpc) is 3.25. The Morgan fingerprint density at radius 1 is 1.17 bits per heavy atom. The van der Waals surface area contributed by atoms with Crippen molar-refractivity contribution in [3.05, 3.63) is 70.7 Å². The highest BCUT2D eigenvalue weighted by Crippen LogP contribution is 2.30. The molecule has 1 aliphatic heterocycles. The number of carbonyl (C=O) groups excluding carboxylic acids is 1. The molecule has 0 saturated carbocycles. The predicted molar refractivity (Wildman–Crippen MR) is 139 cm³/mol. The van der Waals surface area contributed by atoms with Gasteiger partial charge in [-0.25, -0.2) is 5.01 Å². The van der Waals surface area contributed by atoms with E-state index in [1.165, 1.54) is 16.2 Å². The lowest BCUT2D eigenvalue weighted by molar-refractivity contribution is -0.117. The summed E-state index contributed by atoms with van der Waals surface area (Å²) in [6.45, 7) is 5.40. The van der Waals surface area contributed by atoms with E-state index in [1.54, 1.807) is 26.0 Å². The first kappa shape index (κ1) is 26.3. The van der Waals surface area contributed by atoms with Gasteiger partial charge in [0, 0.05) is 31.0 Å². The second-order valence-electron chi connectivity index (χ2n) is 7.67. The summed E-state index contributed by atoms with van der Waals surface area (Å²) in [5.41, 5.74) is 8.33. The van der Waals surface area contributed by atoms with Gasteiger partial charge in [-0.05, 0) is 23.3 Å². The fourth-order valence-corrected chi connectivity index (χ4v) is 4.84. The first-order valence-corrected chi connectivity index (χ1v) is 12.8. The maximum absolute atomic E-state index is 13.0. The second kappa shape index (κ2) is 11.4. The van der Waals surface area contributed by atoms with E-state index in [9.17, 15) is 13.2 Å². The van der Waals surface area contributed by atoms with Gasteiger partial charge in [-0.1, -0.05) is 67.9 Å². The molecule has 1 amide bonds. The molecule has 0 aliphatic carbocycles. The normalized spacial score (nSPS) is 17.0. The third-order valence-electron chi connectivity index (χ3n) is 5.24. The van der Waals surface area contributed by atoms with Gasteiger partial charge in [0.2, 0.25) is 11.9 Å². The lowest BCUT2D eigenvalue weighted by atomic mass is 9.91. The van der Waals surface area contributed by atoms with Gasteiger partial charge in [-0.2, -0.15) is 22.8 Å². The molecular weight excluding hydrogens is 490 g/mol. The van der Waals surface area contributed by atoms with E-state index >= 15 is 0 Å². The van der Waals surface area contributed by atoms with E-state index in [4.69, 9.17) is 22.4 Å². The van der Waals surface area contributed by atoms with E-state index in [2.05, 4.69) is 14.7 Å². The summed E-state index contributed by atoms with van der Waals surface area (Å²) in [6.07, 6.45) is 0. The number of nitrogens with two attached hydrogens (primary N) is 1. The molecule has 0 radical (unpaired) electrons. The summed E-state index contributed by atoms with van der Waals surface area (Å²) in [7, 11) is -4.09. The molecule has 0 saturated heterocycles. The van der Waals surface area contributed by atoms with Crippen molar-refractivity contribution in [3.63, 3.8) is 0 Å². The standard InChI is InChI=1S/C23H28ClN7O3S/c1-4-30(5-2)35(33,34)29-23(27-22(25)26-16(3)32)31-15-20(17-9-7-6-8-10-17)21(28-31)18-11-13-19(24)14-12-18/h6-14,20H,4-5,15H2,1-3H3,(H3,25,26,27,29,32). The highest BCUT2D eigenvalue weighted by Gasteiger charge is 2.33. The van der Waals surface area contributed by atoms with Gasteiger partial charge in [0.25, 0.3) is 5.96 Å². The van der Waals surface area contributed by atoms with Crippen LogP contribution in [-0.2, 0) is 15.0 Å². The van der Waals surface area contributed by atoms with Crippen LogP contribution in [0, 0.1) is 0 Å². The Morgan fingerprint density at radius 2 is 1.80 bits per heavy atom. The molecule has 2 aromatic rings. The van der Waals surface area contributed by atoms with Crippen LogP contribution in [0.4, 0.5) is 0 Å². The molecule has 186 valence electrons. The zero-order chi connectivity index (χ0) is 25.6. The number of hydrazone groups is 1. The van der Waals surface area contributed by atoms with Crippen molar-refractivity contribution < 1.29 is 13.2 Å². The van der Waals surface area contributed by atoms with E-state index in [-0.39, 0.29) is 37.5 Å². The SMILES string of the molecule is CCN(CC)S(=O)(=O)/N=C(/N=C(\N)NC(C)=O)N1CC(c2ccccc2)C(c2ccc(Cl)cc2)=N1. The third-order valence-corrected chi connectivity index (χ3v) is 7.06. The van der Waals surface area contributed by atoms with Crippen LogP contribution in [0.15, 0.2) is 69.1 Å². The molecule has 1 aliphatic rings. The maximum Gasteiger partial charge on any atom is 0.325 e. The van der Waals surface area contributed by atoms with Gasteiger partial charge in [0.1, 0.15) is 0 Å². The van der Waals surface area contributed by atoms with E-state index in [1.807, 2.05) is 42.5 Å². The van der Waals surface area contributed by atoms with Crippen molar-refractivity contribution in [2.45, 2.75) is 26.7 Å². The number of amides is 1. The molecular formula is C23H28ClN7O3S. The molecule has 12 heteroatoms. The summed E-state index contributed by atoms with van der Waals surface area (Å²) in [5.74, 6) is -1.22. The van der Waals surface area contributed by atoms with Crippen molar-refractivity contribution in [1.82, 2.24) is 14.6 Å². The largest absolute Gasteiger partial charge is 0.369 e. The first-order valence-electron chi connectivity index (χ1n) is 11.0. The van der Waals surface area contributed by atoms with E-state index < -0.39 is 16.1 Å². The van der Waals surface area contributed by atoms with Crippen molar-refractivity contribution in [2.75, 3.05) is 19.6 Å². The predicted octanol–water partition coefficient (Wildman–Crippen LogP) is 2.54. The van der Waals surface area contributed by atoms with Gasteiger partial charge < -0.3 is 5.73 Å². The second-order valence-corrected chi connectivity index (χ2v) is 9.70. The molecule has 35 heavy (non-hydrogen) atoms.